The van der Waals surface area contributed by atoms with Gasteiger partial charge in [0.2, 0.25) is 0 Å². The Hall–Kier alpha value is -1.03. The van der Waals surface area contributed by atoms with Crippen LogP contribution in [0.5, 0.6) is 0 Å². The number of aliphatic hydroxyl groups excluding tert-OH is 1. The van der Waals surface area contributed by atoms with Crippen LogP contribution in [0.2, 0.25) is 0 Å². The third-order valence-corrected chi connectivity index (χ3v) is 1.46. The molecule has 0 spiro atoms. The van der Waals surface area contributed by atoms with E-state index in [9.17, 15) is 13.2 Å². The molecule has 0 aliphatic rings. The van der Waals surface area contributed by atoms with E-state index in [-0.39, 0.29) is 5.56 Å². The van der Waals surface area contributed by atoms with E-state index < -0.39 is 24.4 Å². The molecule has 1 nitrogen and oxygen atoms in total. The molecule has 0 heterocycles. The van der Waals surface area contributed by atoms with Crippen molar-refractivity contribution >= 4 is 0 Å². The fourth-order valence-electron chi connectivity index (χ4n) is 0.853. The topological polar surface area (TPSA) is 20.2 Å². The normalized spacial score (nSPS) is 13.0. The van der Waals surface area contributed by atoms with E-state index in [0.717, 1.165) is 18.2 Å². The monoisotopic (exact) mass is 176 g/mol. The average Bonchev–Trinajstić information content (AvgIpc) is 2.08. The van der Waals surface area contributed by atoms with Gasteiger partial charge in [0.1, 0.15) is 24.4 Å². The highest BCUT2D eigenvalue weighted by Gasteiger charge is 2.12. The lowest BCUT2D eigenvalue weighted by molar-refractivity contribution is 0.137. The van der Waals surface area contributed by atoms with E-state index in [0.29, 0.717) is 0 Å². The molecule has 0 saturated heterocycles. The van der Waals surface area contributed by atoms with E-state index in [2.05, 4.69) is 0 Å². The number of hydrogen-bond donors (Lipinski definition) is 1. The van der Waals surface area contributed by atoms with Crippen molar-refractivity contribution in [2.45, 2.75) is 6.10 Å². The van der Waals surface area contributed by atoms with Crippen LogP contribution in [0, 0.1) is 11.6 Å². The Kier molecular flexibility index (Phi) is 2.70. The van der Waals surface area contributed by atoms with Crippen LogP contribution >= 0.6 is 0 Å². The van der Waals surface area contributed by atoms with Crippen molar-refractivity contribution in [3.8, 4) is 0 Å². The Labute approximate surface area is 67.5 Å². The fourth-order valence-corrected chi connectivity index (χ4v) is 0.853. The number of rotatable bonds is 2. The van der Waals surface area contributed by atoms with E-state index >= 15 is 0 Å². The van der Waals surface area contributed by atoms with Gasteiger partial charge >= 0.3 is 0 Å². The third-order valence-electron chi connectivity index (χ3n) is 1.46. The van der Waals surface area contributed by atoms with Crippen molar-refractivity contribution in [3.63, 3.8) is 0 Å². The molecule has 66 valence electrons. The second kappa shape index (κ2) is 3.58. The van der Waals surface area contributed by atoms with Crippen LogP contribution in [0.1, 0.15) is 11.7 Å². The summed E-state index contributed by atoms with van der Waals surface area (Å²) in [5, 5.41) is 8.85. The molecule has 1 aromatic carbocycles. The van der Waals surface area contributed by atoms with Crippen LogP contribution in [0.3, 0.4) is 0 Å². The zero-order valence-electron chi connectivity index (χ0n) is 6.10. The highest BCUT2D eigenvalue weighted by Crippen LogP contribution is 2.18. The summed E-state index contributed by atoms with van der Waals surface area (Å²) < 4.78 is 37.0. The molecule has 0 saturated carbocycles. The highest BCUT2D eigenvalue weighted by atomic mass is 19.1. The second-order valence-electron chi connectivity index (χ2n) is 2.34. The van der Waals surface area contributed by atoms with Gasteiger partial charge in [-0.3, -0.25) is 0 Å². The van der Waals surface area contributed by atoms with Crippen LogP contribution in [0.25, 0.3) is 0 Å². The molecule has 0 bridgehead atoms. The first-order chi connectivity index (χ1) is 5.65. The highest BCUT2D eigenvalue weighted by molar-refractivity contribution is 5.20. The third kappa shape index (κ3) is 1.76. The minimum Gasteiger partial charge on any atom is -0.386 e. The Morgan fingerprint density at radius 1 is 1.33 bits per heavy atom. The SMILES string of the molecule is O[C@H](CF)c1cc(F)ccc1F. The Morgan fingerprint density at radius 3 is 2.58 bits per heavy atom. The lowest BCUT2D eigenvalue weighted by atomic mass is 10.1. The molecule has 0 aliphatic heterocycles. The number of halogens is 3. The van der Waals surface area contributed by atoms with Gasteiger partial charge in [0.15, 0.2) is 0 Å². The average molecular weight is 176 g/mol. The molecule has 0 radical (unpaired) electrons. The molecule has 4 heteroatoms. The zero-order valence-corrected chi connectivity index (χ0v) is 6.10. The van der Waals surface area contributed by atoms with Crippen LogP contribution in [0.15, 0.2) is 18.2 Å². The first kappa shape index (κ1) is 9.06. The number of hydrogen-bond acceptors (Lipinski definition) is 1. The van der Waals surface area contributed by atoms with Gasteiger partial charge in [0.25, 0.3) is 0 Å². The van der Waals surface area contributed by atoms with Crippen molar-refractivity contribution < 1.29 is 18.3 Å². The molecule has 0 aliphatic carbocycles. The number of alkyl halides is 1. The van der Waals surface area contributed by atoms with E-state index in [1.54, 1.807) is 0 Å². The van der Waals surface area contributed by atoms with Gasteiger partial charge in [-0.15, -0.1) is 0 Å². The van der Waals surface area contributed by atoms with Crippen LogP contribution in [0.4, 0.5) is 13.2 Å². The quantitative estimate of drug-likeness (QED) is 0.730. The molecule has 1 N–H and O–H groups in total. The molecule has 12 heavy (non-hydrogen) atoms. The molecule has 1 atom stereocenters. The maximum absolute atomic E-state index is 12.7. The van der Waals surface area contributed by atoms with Crippen molar-refractivity contribution in [3.05, 3.63) is 35.4 Å². The lowest BCUT2D eigenvalue weighted by Gasteiger charge is -2.06. The van der Waals surface area contributed by atoms with Crippen molar-refractivity contribution in [2.24, 2.45) is 0 Å². The van der Waals surface area contributed by atoms with Crippen LogP contribution in [-0.2, 0) is 0 Å². The predicted octanol–water partition coefficient (Wildman–Crippen LogP) is 1.97. The van der Waals surface area contributed by atoms with Crippen LogP contribution < -0.4 is 0 Å². The van der Waals surface area contributed by atoms with E-state index in [4.69, 9.17) is 5.11 Å². The minimum absolute atomic E-state index is 0.350. The van der Waals surface area contributed by atoms with E-state index in [1.807, 2.05) is 0 Å². The first-order valence-corrected chi connectivity index (χ1v) is 3.34. The fraction of sp³-hybridized carbons (Fsp3) is 0.250. The van der Waals surface area contributed by atoms with Gasteiger partial charge in [0, 0.05) is 5.56 Å². The molecule has 0 unspecified atom stereocenters. The minimum atomic E-state index is -1.58. The molecule has 0 fully saturated rings. The standard InChI is InChI=1S/C8H7F3O/c9-4-8(12)6-3-5(10)1-2-7(6)11/h1-3,8,12H,4H2/t8-/m1/s1. The maximum atomic E-state index is 12.7. The summed E-state index contributed by atoms with van der Waals surface area (Å²) in [5.41, 5.74) is -0.350. The van der Waals surface area contributed by atoms with Gasteiger partial charge in [-0.1, -0.05) is 0 Å². The predicted molar refractivity (Wildman–Crippen MR) is 37.3 cm³/mol. The summed E-state index contributed by atoms with van der Waals surface area (Å²) in [7, 11) is 0. The largest absolute Gasteiger partial charge is 0.386 e. The summed E-state index contributed by atoms with van der Waals surface area (Å²) >= 11 is 0. The molecule has 0 aromatic heterocycles. The number of aliphatic hydroxyl groups is 1. The summed E-state index contributed by atoms with van der Waals surface area (Å²) in [6.45, 7) is -1.12. The number of benzene rings is 1. The molecule has 1 rings (SSSR count). The zero-order chi connectivity index (χ0) is 9.14. The second-order valence-corrected chi connectivity index (χ2v) is 2.34. The Bertz CT molecular complexity index is 275. The summed E-state index contributed by atoms with van der Waals surface area (Å²) in [6, 6.07) is 2.53. The molecular formula is C8H7F3O. The van der Waals surface area contributed by atoms with E-state index in [1.165, 1.54) is 0 Å². The van der Waals surface area contributed by atoms with Crippen LogP contribution in [-0.4, -0.2) is 11.8 Å². The maximum Gasteiger partial charge on any atom is 0.129 e. The summed E-state index contributed by atoms with van der Waals surface area (Å²) in [6.07, 6.45) is -1.58. The van der Waals surface area contributed by atoms with Crippen molar-refractivity contribution in [1.82, 2.24) is 0 Å². The molecule has 0 amide bonds. The van der Waals surface area contributed by atoms with Gasteiger partial charge in [0.05, 0.1) is 0 Å². The summed E-state index contributed by atoms with van der Waals surface area (Å²) in [5.74, 6) is -1.50. The Morgan fingerprint density at radius 2 is 2.00 bits per heavy atom. The lowest BCUT2D eigenvalue weighted by Crippen LogP contribution is -2.02. The molecule has 1 aromatic rings. The van der Waals surface area contributed by atoms with Crippen molar-refractivity contribution in [2.75, 3.05) is 6.67 Å². The van der Waals surface area contributed by atoms with Gasteiger partial charge in [-0.05, 0) is 18.2 Å². The Balaban J connectivity index is 3.04. The van der Waals surface area contributed by atoms with Crippen molar-refractivity contribution in [1.29, 1.82) is 0 Å². The summed E-state index contributed by atoms with van der Waals surface area (Å²) in [4.78, 5) is 0. The van der Waals surface area contributed by atoms with Gasteiger partial charge < -0.3 is 5.11 Å². The van der Waals surface area contributed by atoms with Gasteiger partial charge in [-0.2, -0.15) is 0 Å². The first-order valence-electron chi connectivity index (χ1n) is 3.34. The molecular weight excluding hydrogens is 169 g/mol. The van der Waals surface area contributed by atoms with Gasteiger partial charge in [-0.25, -0.2) is 13.2 Å². The smallest absolute Gasteiger partial charge is 0.129 e.